The summed E-state index contributed by atoms with van der Waals surface area (Å²) in [6.07, 6.45) is 1.77. The minimum absolute atomic E-state index is 0.522. The van der Waals surface area contributed by atoms with Crippen molar-refractivity contribution < 1.29 is 4.74 Å². The van der Waals surface area contributed by atoms with Gasteiger partial charge in [0.15, 0.2) is 0 Å². The molecule has 21 heavy (non-hydrogen) atoms. The van der Waals surface area contributed by atoms with Gasteiger partial charge in [0.1, 0.15) is 5.75 Å². The van der Waals surface area contributed by atoms with Gasteiger partial charge in [-0.25, -0.2) is 0 Å². The summed E-state index contributed by atoms with van der Waals surface area (Å²) in [5.74, 6) is 0.637. The number of halogens is 2. The Kier molecular flexibility index (Phi) is 5.27. The van der Waals surface area contributed by atoms with Gasteiger partial charge in [0, 0.05) is 5.02 Å². The van der Waals surface area contributed by atoms with E-state index >= 15 is 0 Å². The Labute approximate surface area is 134 Å². The number of nitriles is 1. The van der Waals surface area contributed by atoms with E-state index in [0.717, 1.165) is 11.1 Å². The molecule has 0 heterocycles. The molecule has 0 aliphatic carbocycles. The fraction of sp³-hybridized carbons (Fsp3) is 0.118. The van der Waals surface area contributed by atoms with Gasteiger partial charge in [-0.15, -0.1) is 0 Å². The van der Waals surface area contributed by atoms with Gasteiger partial charge in [0.2, 0.25) is 0 Å². The van der Waals surface area contributed by atoms with Crippen LogP contribution < -0.4 is 4.74 Å². The molecule has 2 rings (SSSR count). The van der Waals surface area contributed by atoms with Crippen LogP contribution in [0, 0.1) is 11.3 Å². The average Bonchev–Trinajstić information content (AvgIpc) is 2.47. The van der Waals surface area contributed by atoms with Crippen molar-refractivity contribution in [1.82, 2.24) is 0 Å². The molecule has 0 saturated heterocycles. The van der Waals surface area contributed by atoms with Gasteiger partial charge in [0.05, 0.1) is 23.3 Å². The monoisotopic (exact) mass is 317 g/mol. The second-order valence-corrected chi connectivity index (χ2v) is 5.15. The van der Waals surface area contributed by atoms with Crippen LogP contribution >= 0.6 is 23.2 Å². The summed E-state index contributed by atoms with van der Waals surface area (Å²) in [6.45, 7) is 2.46. The number of ether oxygens (including phenoxy) is 1. The average molecular weight is 318 g/mol. The maximum atomic E-state index is 9.32. The van der Waals surface area contributed by atoms with Crippen molar-refractivity contribution in [2.24, 2.45) is 0 Å². The third kappa shape index (κ3) is 4.01. The van der Waals surface area contributed by atoms with Crippen molar-refractivity contribution in [3.63, 3.8) is 0 Å². The lowest BCUT2D eigenvalue weighted by atomic mass is 10.0. The smallest absolute Gasteiger partial charge is 0.137 e. The largest absolute Gasteiger partial charge is 0.492 e. The van der Waals surface area contributed by atoms with E-state index in [1.54, 1.807) is 30.3 Å². The molecule has 0 radical (unpaired) electrons. The molecule has 0 aromatic heterocycles. The van der Waals surface area contributed by atoms with Gasteiger partial charge >= 0.3 is 0 Å². The van der Waals surface area contributed by atoms with Crippen molar-refractivity contribution in [3.8, 4) is 11.8 Å². The first-order chi connectivity index (χ1) is 10.1. The van der Waals surface area contributed by atoms with Crippen molar-refractivity contribution in [2.45, 2.75) is 6.92 Å². The predicted molar refractivity (Wildman–Crippen MR) is 87.6 cm³/mol. The molecule has 2 aromatic rings. The molecule has 2 aromatic carbocycles. The summed E-state index contributed by atoms with van der Waals surface area (Å²) in [5.41, 5.74) is 2.13. The number of benzene rings is 2. The number of rotatable bonds is 4. The standard InChI is InChI=1S/C17H13Cl2NO/c1-2-21-17-7-6-12(9-16(17)19)8-14(11-20)13-4-3-5-15(18)10-13/h3-10H,2H2,1H3/b14-8-. The lowest BCUT2D eigenvalue weighted by Crippen LogP contribution is -1.92. The Hall–Kier alpha value is -1.95. The third-order valence-electron chi connectivity index (χ3n) is 2.82. The maximum absolute atomic E-state index is 9.32. The molecule has 0 unspecified atom stereocenters. The second kappa shape index (κ2) is 7.17. The highest BCUT2D eigenvalue weighted by Crippen LogP contribution is 2.28. The first kappa shape index (κ1) is 15.4. The SMILES string of the molecule is CCOc1ccc(/C=C(/C#N)c2cccc(Cl)c2)cc1Cl. The van der Waals surface area contributed by atoms with Gasteiger partial charge < -0.3 is 4.74 Å². The van der Waals surface area contributed by atoms with E-state index in [2.05, 4.69) is 6.07 Å². The molecular weight excluding hydrogens is 305 g/mol. The normalized spacial score (nSPS) is 11.0. The molecule has 0 bridgehead atoms. The highest BCUT2D eigenvalue weighted by Gasteiger charge is 2.05. The zero-order chi connectivity index (χ0) is 15.2. The summed E-state index contributed by atoms with van der Waals surface area (Å²) in [4.78, 5) is 0. The van der Waals surface area contributed by atoms with Crippen LogP contribution in [-0.2, 0) is 0 Å². The van der Waals surface area contributed by atoms with E-state index in [-0.39, 0.29) is 0 Å². The molecule has 0 spiro atoms. The fourth-order valence-corrected chi connectivity index (χ4v) is 2.32. The van der Waals surface area contributed by atoms with E-state index in [4.69, 9.17) is 27.9 Å². The fourth-order valence-electron chi connectivity index (χ4n) is 1.88. The molecule has 0 amide bonds. The molecule has 0 saturated carbocycles. The van der Waals surface area contributed by atoms with Crippen LogP contribution in [0.2, 0.25) is 10.0 Å². The van der Waals surface area contributed by atoms with Crippen LogP contribution in [0.5, 0.6) is 5.75 Å². The number of allylic oxidation sites excluding steroid dienone is 1. The predicted octanol–water partition coefficient (Wildman–Crippen LogP) is 5.46. The number of nitrogens with zero attached hydrogens (tertiary/aromatic N) is 1. The van der Waals surface area contributed by atoms with Crippen molar-refractivity contribution in [2.75, 3.05) is 6.61 Å². The van der Waals surface area contributed by atoms with Gasteiger partial charge in [0.25, 0.3) is 0 Å². The minimum Gasteiger partial charge on any atom is -0.492 e. The van der Waals surface area contributed by atoms with E-state index in [0.29, 0.717) is 28.0 Å². The van der Waals surface area contributed by atoms with Crippen LogP contribution in [-0.4, -0.2) is 6.61 Å². The summed E-state index contributed by atoms with van der Waals surface area (Å²) < 4.78 is 5.39. The van der Waals surface area contributed by atoms with E-state index < -0.39 is 0 Å². The molecule has 4 heteroatoms. The molecule has 2 nitrogen and oxygen atoms in total. The Balaban J connectivity index is 2.37. The molecule has 0 aliphatic heterocycles. The Morgan fingerprint density at radius 1 is 1.24 bits per heavy atom. The Bertz CT molecular complexity index is 717. The van der Waals surface area contributed by atoms with E-state index in [1.165, 1.54) is 0 Å². The molecular formula is C17H13Cl2NO. The molecule has 0 atom stereocenters. The van der Waals surface area contributed by atoms with E-state index in [1.807, 2.05) is 25.1 Å². The Morgan fingerprint density at radius 2 is 2.05 bits per heavy atom. The second-order valence-electron chi connectivity index (χ2n) is 4.30. The number of hydrogen-bond acceptors (Lipinski definition) is 2. The highest BCUT2D eigenvalue weighted by atomic mass is 35.5. The molecule has 0 N–H and O–H groups in total. The number of hydrogen-bond donors (Lipinski definition) is 0. The molecule has 0 aliphatic rings. The Morgan fingerprint density at radius 3 is 2.67 bits per heavy atom. The lowest BCUT2D eigenvalue weighted by Gasteiger charge is -2.06. The van der Waals surface area contributed by atoms with Crippen molar-refractivity contribution in [3.05, 3.63) is 63.6 Å². The van der Waals surface area contributed by atoms with Crippen LogP contribution in [0.4, 0.5) is 0 Å². The minimum atomic E-state index is 0.522. The van der Waals surface area contributed by atoms with Crippen molar-refractivity contribution >= 4 is 34.9 Å². The highest BCUT2D eigenvalue weighted by molar-refractivity contribution is 6.32. The first-order valence-electron chi connectivity index (χ1n) is 6.44. The first-order valence-corrected chi connectivity index (χ1v) is 7.19. The van der Waals surface area contributed by atoms with Crippen LogP contribution in [0.1, 0.15) is 18.1 Å². The maximum Gasteiger partial charge on any atom is 0.137 e. The van der Waals surface area contributed by atoms with Gasteiger partial charge in [-0.3, -0.25) is 0 Å². The van der Waals surface area contributed by atoms with Gasteiger partial charge in [-0.2, -0.15) is 5.26 Å². The quantitative estimate of drug-likeness (QED) is 0.554. The van der Waals surface area contributed by atoms with Gasteiger partial charge in [-0.1, -0.05) is 41.4 Å². The zero-order valence-corrected chi connectivity index (χ0v) is 12.9. The molecule has 0 fully saturated rings. The van der Waals surface area contributed by atoms with Crippen LogP contribution in [0.15, 0.2) is 42.5 Å². The molecule has 106 valence electrons. The summed E-state index contributed by atoms with van der Waals surface area (Å²) in [6, 6.07) is 14.8. The van der Waals surface area contributed by atoms with E-state index in [9.17, 15) is 5.26 Å². The van der Waals surface area contributed by atoms with Crippen molar-refractivity contribution in [1.29, 1.82) is 5.26 Å². The lowest BCUT2D eigenvalue weighted by molar-refractivity contribution is 0.340. The van der Waals surface area contributed by atoms with Crippen LogP contribution in [0.3, 0.4) is 0 Å². The third-order valence-corrected chi connectivity index (χ3v) is 3.35. The zero-order valence-electron chi connectivity index (χ0n) is 11.4. The summed E-state index contributed by atoms with van der Waals surface area (Å²) >= 11 is 12.1. The van der Waals surface area contributed by atoms with Gasteiger partial charge in [-0.05, 0) is 48.4 Å². The topological polar surface area (TPSA) is 33.0 Å². The summed E-state index contributed by atoms with van der Waals surface area (Å²) in [5, 5.41) is 10.4. The van der Waals surface area contributed by atoms with Crippen LogP contribution in [0.25, 0.3) is 11.6 Å². The summed E-state index contributed by atoms with van der Waals surface area (Å²) in [7, 11) is 0.